The Hall–Kier alpha value is -2.37. The fraction of sp³-hybridized carbons (Fsp3) is 0.357. The highest BCUT2D eigenvalue weighted by atomic mass is 16.4. The molecule has 1 aromatic carbocycles. The minimum Gasteiger partial charge on any atom is -0.478 e. The zero-order valence-corrected chi connectivity index (χ0v) is 11.2. The summed E-state index contributed by atoms with van der Waals surface area (Å²) in [6, 6.07) is 6.50. The number of aromatic carboxylic acids is 1. The van der Waals surface area contributed by atoms with Crippen molar-refractivity contribution in [2.45, 2.75) is 13.5 Å². The Morgan fingerprint density at radius 3 is 2.40 bits per heavy atom. The van der Waals surface area contributed by atoms with E-state index in [4.69, 9.17) is 5.11 Å². The van der Waals surface area contributed by atoms with Gasteiger partial charge in [-0.1, -0.05) is 18.2 Å². The van der Waals surface area contributed by atoms with Crippen LogP contribution < -0.4 is 0 Å². The van der Waals surface area contributed by atoms with Crippen molar-refractivity contribution in [3.05, 3.63) is 35.4 Å². The van der Waals surface area contributed by atoms with Crippen molar-refractivity contribution in [1.82, 2.24) is 9.80 Å². The Labute approximate surface area is 116 Å². The maximum atomic E-state index is 12.0. The quantitative estimate of drug-likeness (QED) is 0.872. The lowest BCUT2D eigenvalue weighted by molar-refractivity contribution is -0.150. The second kappa shape index (κ2) is 5.73. The van der Waals surface area contributed by atoms with Gasteiger partial charge in [-0.05, 0) is 18.6 Å². The fourth-order valence-electron chi connectivity index (χ4n) is 2.21. The molecule has 1 aromatic rings. The summed E-state index contributed by atoms with van der Waals surface area (Å²) in [4.78, 5) is 37.8. The predicted octanol–water partition coefficient (Wildman–Crippen LogP) is 0.576. The average molecular weight is 276 g/mol. The molecule has 0 atom stereocenters. The van der Waals surface area contributed by atoms with Gasteiger partial charge in [0.25, 0.3) is 0 Å². The van der Waals surface area contributed by atoms with E-state index in [0.717, 1.165) is 0 Å². The number of nitrogens with zero attached hydrogens (tertiary/aromatic N) is 2. The lowest BCUT2D eigenvalue weighted by Crippen LogP contribution is -2.53. The van der Waals surface area contributed by atoms with E-state index in [0.29, 0.717) is 12.1 Å². The molecule has 1 aliphatic heterocycles. The number of carboxylic acids is 1. The smallest absolute Gasteiger partial charge is 0.336 e. The van der Waals surface area contributed by atoms with Crippen LogP contribution in [0.3, 0.4) is 0 Å². The zero-order chi connectivity index (χ0) is 14.7. The van der Waals surface area contributed by atoms with E-state index in [1.807, 2.05) is 6.92 Å². The summed E-state index contributed by atoms with van der Waals surface area (Å²) in [6.07, 6.45) is 0. The molecule has 2 rings (SSSR count). The number of likely N-dealkylation sites (N-methyl/N-ethyl adjacent to an activating group) is 1. The van der Waals surface area contributed by atoms with Gasteiger partial charge in [0.2, 0.25) is 11.8 Å². The molecule has 0 aliphatic carbocycles. The molecule has 106 valence electrons. The first-order valence-corrected chi connectivity index (χ1v) is 6.39. The van der Waals surface area contributed by atoms with E-state index in [1.54, 1.807) is 18.2 Å². The van der Waals surface area contributed by atoms with Crippen molar-refractivity contribution in [2.24, 2.45) is 0 Å². The summed E-state index contributed by atoms with van der Waals surface area (Å²) in [5.74, 6) is -1.31. The lowest BCUT2D eigenvalue weighted by Gasteiger charge is -2.33. The molecular formula is C14H16N2O4. The van der Waals surface area contributed by atoms with Crippen molar-refractivity contribution in [2.75, 3.05) is 19.6 Å². The van der Waals surface area contributed by atoms with Crippen LogP contribution in [0.1, 0.15) is 22.8 Å². The van der Waals surface area contributed by atoms with Crippen molar-refractivity contribution in [1.29, 1.82) is 0 Å². The lowest BCUT2D eigenvalue weighted by atomic mass is 10.1. The van der Waals surface area contributed by atoms with E-state index in [1.165, 1.54) is 15.9 Å². The van der Waals surface area contributed by atoms with E-state index in [9.17, 15) is 14.4 Å². The largest absolute Gasteiger partial charge is 0.478 e. The molecule has 6 heteroatoms. The predicted molar refractivity (Wildman–Crippen MR) is 71.1 cm³/mol. The molecule has 6 nitrogen and oxygen atoms in total. The maximum Gasteiger partial charge on any atom is 0.336 e. The molecule has 0 bridgehead atoms. The highest BCUT2D eigenvalue weighted by molar-refractivity contribution is 5.93. The third-order valence-electron chi connectivity index (χ3n) is 3.35. The number of carbonyl (C=O) groups is 3. The van der Waals surface area contributed by atoms with Crippen molar-refractivity contribution in [3.63, 3.8) is 0 Å². The molecule has 20 heavy (non-hydrogen) atoms. The van der Waals surface area contributed by atoms with Gasteiger partial charge >= 0.3 is 5.97 Å². The summed E-state index contributed by atoms with van der Waals surface area (Å²) in [7, 11) is 0. The minimum absolute atomic E-state index is 0.000622. The van der Waals surface area contributed by atoms with Crippen LogP contribution in [0.2, 0.25) is 0 Å². The number of hydrogen-bond acceptors (Lipinski definition) is 3. The number of benzene rings is 1. The van der Waals surface area contributed by atoms with Gasteiger partial charge in [0.1, 0.15) is 6.54 Å². The van der Waals surface area contributed by atoms with Crippen LogP contribution in [0, 0.1) is 0 Å². The molecule has 2 amide bonds. The van der Waals surface area contributed by atoms with Gasteiger partial charge < -0.3 is 14.9 Å². The highest BCUT2D eigenvalue weighted by Crippen LogP contribution is 2.14. The van der Waals surface area contributed by atoms with Gasteiger partial charge in [0.15, 0.2) is 0 Å². The fourth-order valence-corrected chi connectivity index (χ4v) is 2.21. The van der Waals surface area contributed by atoms with Crippen molar-refractivity contribution in [3.8, 4) is 0 Å². The molecule has 1 heterocycles. The first-order chi connectivity index (χ1) is 9.52. The van der Waals surface area contributed by atoms with Gasteiger partial charge in [-0.15, -0.1) is 0 Å². The number of rotatable bonds is 4. The maximum absolute atomic E-state index is 12.0. The Morgan fingerprint density at radius 1 is 1.15 bits per heavy atom. The molecule has 0 spiro atoms. The Kier molecular flexibility index (Phi) is 4.02. The molecule has 1 fully saturated rings. The van der Waals surface area contributed by atoms with Crippen LogP contribution in [0.4, 0.5) is 0 Å². The van der Waals surface area contributed by atoms with Crippen LogP contribution in [0.15, 0.2) is 24.3 Å². The van der Waals surface area contributed by atoms with Crippen LogP contribution >= 0.6 is 0 Å². The molecule has 0 aromatic heterocycles. The molecular weight excluding hydrogens is 260 g/mol. The third-order valence-corrected chi connectivity index (χ3v) is 3.35. The molecule has 0 radical (unpaired) electrons. The Morgan fingerprint density at radius 2 is 1.75 bits per heavy atom. The van der Waals surface area contributed by atoms with Crippen LogP contribution in [-0.4, -0.2) is 52.3 Å². The summed E-state index contributed by atoms with van der Waals surface area (Å²) < 4.78 is 0. The molecule has 0 unspecified atom stereocenters. The van der Waals surface area contributed by atoms with Gasteiger partial charge in [-0.25, -0.2) is 4.79 Å². The first kappa shape index (κ1) is 14.0. The summed E-state index contributed by atoms with van der Waals surface area (Å²) >= 11 is 0. The van der Waals surface area contributed by atoms with Gasteiger partial charge in [-0.3, -0.25) is 9.59 Å². The Balaban J connectivity index is 2.17. The van der Waals surface area contributed by atoms with Crippen molar-refractivity contribution >= 4 is 17.8 Å². The third kappa shape index (κ3) is 2.79. The first-order valence-electron chi connectivity index (χ1n) is 6.39. The SMILES string of the molecule is CCN1CC(=O)N(Cc2ccccc2C(=O)O)CC1=O. The monoisotopic (exact) mass is 276 g/mol. The standard InChI is InChI=1S/C14H16N2O4/c1-2-15-8-13(18)16(9-12(15)17)7-10-5-3-4-6-11(10)14(19)20/h3-6H,2,7-9H2,1H3,(H,19,20). The van der Waals surface area contributed by atoms with Crippen LogP contribution in [0.5, 0.6) is 0 Å². The molecule has 1 saturated heterocycles. The van der Waals surface area contributed by atoms with E-state index in [2.05, 4.69) is 0 Å². The summed E-state index contributed by atoms with van der Waals surface area (Å²) in [6.45, 7) is 2.53. The molecule has 1 N–H and O–H groups in total. The number of carboxylic acid groups (broad SMARTS) is 1. The van der Waals surface area contributed by atoms with Gasteiger partial charge in [0.05, 0.1) is 12.1 Å². The van der Waals surface area contributed by atoms with E-state index < -0.39 is 5.97 Å². The van der Waals surface area contributed by atoms with Crippen LogP contribution in [0.25, 0.3) is 0 Å². The molecule has 1 aliphatic rings. The van der Waals surface area contributed by atoms with Gasteiger partial charge in [0, 0.05) is 13.1 Å². The second-order valence-corrected chi connectivity index (χ2v) is 4.62. The Bertz CT molecular complexity index is 556. The van der Waals surface area contributed by atoms with E-state index in [-0.39, 0.29) is 37.0 Å². The van der Waals surface area contributed by atoms with Gasteiger partial charge in [-0.2, -0.15) is 0 Å². The number of hydrogen-bond donors (Lipinski definition) is 1. The highest BCUT2D eigenvalue weighted by Gasteiger charge is 2.29. The topological polar surface area (TPSA) is 77.9 Å². The number of carbonyl (C=O) groups excluding carboxylic acids is 2. The van der Waals surface area contributed by atoms with E-state index >= 15 is 0 Å². The normalized spacial score (nSPS) is 15.7. The zero-order valence-electron chi connectivity index (χ0n) is 11.2. The van der Waals surface area contributed by atoms with Crippen LogP contribution in [-0.2, 0) is 16.1 Å². The number of amides is 2. The number of piperazine rings is 1. The minimum atomic E-state index is -1.04. The second-order valence-electron chi connectivity index (χ2n) is 4.62. The summed E-state index contributed by atoms with van der Waals surface area (Å²) in [5, 5.41) is 9.11. The van der Waals surface area contributed by atoms with Crippen molar-refractivity contribution < 1.29 is 19.5 Å². The average Bonchev–Trinajstić information content (AvgIpc) is 2.42. The summed E-state index contributed by atoms with van der Waals surface area (Å²) in [5.41, 5.74) is 0.691. The molecule has 0 saturated carbocycles.